The predicted octanol–water partition coefficient (Wildman–Crippen LogP) is 4.99. The van der Waals surface area contributed by atoms with Crippen LogP contribution in [0, 0.1) is 6.92 Å². The van der Waals surface area contributed by atoms with Crippen LogP contribution in [0.1, 0.15) is 61.9 Å². The third-order valence-electron chi connectivity index (χ3n) is 3.77. The fraction of sp³-hybridized carbons (Fsp3) is 0.625. The lowest BCUT2D eigenvalue weighted by molar-refractivity contribution is 0.557. The molecule has 0 bridgehead atoms. The first kappa shape index (κ1) is 13.8. The van der Waals surface area contributed by atoms with Crippen LogP contribution in [0.3, 0.4) is 0 Å². The Morgan fingerprint density at radius 3 is 2.83 bits per heavy atom. The number of hydrogen-bond acceptors (Lipinski definition) is 2. The fourth-order valence-corrected chi connectivity index (χ4v) is 3.80. The number of nitrogens with one attached hydrogen (secondary N) is 1. The van der Waals surface area contributed by atoms with Crippen molar-refractivity contribution in [2.45, 2.75) is 58.4 Å². The summed E-state index contributed by atoms with van der Waals surface area (Å²) < 4.78 is 0. The highest BCUT2D eigenvalue weighted by Crippen LogP contribution is 2.33. The number of rotatable bonds is 4. The molecule has 100 valence electrons. The zero-order valence-electron chi connectivity index (χ0n) is 11.7. The Kier molecular flexibility index (Phi) is 5.45. The van der Waals surface area contributed by atoms with Gasteiger partial charge in [-0.05, 0) is 56.2 Å². The van der Waals surface area contributed by atoms with Gasteiger partial charge in [-0.2, -0.15) is 0 Å². The maximum Gasteiger partial charge on any atom is 0.0633 e. The van der Waals surface area contributed by atoms with Gasteiger partial charge in [0, 0.05) is 4.88 Å². The van der Waals surface area contributed by atoms with Crippen LogP contribution in [0.5, 0.6) is 0 Å². The summed E-state index contributed by atoms with van der Waals surface area (Å²) in [5, 5.41) is 5.91. The lowest BCUT2D eigenvalue weighted by Gasteiger charge is -2.23. The molecule has 0 fully saturated rings. The molecule has 2 rings (SSSR count). The molecule has 1 aromatic heterocycles. The Bertz CT molecular complexity index is 392. The average molecular weight is 263 g/mol. The zero-order chi connectivity index (χ0) is 12.8. The lowest BCUT2D eigenvalue weighted by Crippen LogP contribution is -2.23. The summed E-state index contributed by atoms with van der Waals surface area (Å²) in [4.78, 5) is 1.52. The maximum absolute atomic E-state index is 3.69. The largest absolute Gasteiger partial charge is 0.306 e. The monoisotopic (exact) mass is 263 g/mol. The van der Waals surface area contributed by atoms with Crippen molar-refractivity contribution >= 4 is 11.3 Å². The number of aryl methyl sites for hydroxylation is 1. The van der Waals surface area contributed by atoms with E-state index in [9.17, 15) is 0 Å². The number of hydrogen-bond donors (Lipinski definition) is 1. The number of allylic oxidation sites excluding steroid dienone is 1. The van der Waals surface area contributed by atoms with Crippen molar-refractivity contribution in [3.05, 3.63) is 33.5 Å². The van der Waals surface area contributed by atoms with Crippen LogP contribution in [0.25, 0.3) is 0 Å². The molecule has 1 aromatic rings. The van der Waals surface area contributed by atoms with Gasteiger partial charge in [-0.25, -0.2) is 0 Å². The summed E-state index contributed by atoms with van der Waals surface area (Å²) in [5.74, 6) is 0. The van der Waals surface area contributed by atoms with Gasteiger partial charge in [0.15, 0.2) is 0 Å². The van der Waals surface area contributed by atoms with Gasteiger partial charge in [-0.15, -0.1) is 11.3 Å². The minimum absolute atomic E-state index is 0.466. The standard InChI is InChI=1S/C16H25NS/c1-3-17-15(16-13(2)11-12-18-16)14-9-7-5-4-6-8-10-14/h9,11-12,15,17H,3-8,10H2,1-2H3/b14-9+. The highest BCUT2D eigenvalue weighted by atomic mass is 32.1. The summed E-state index contributed by atoms with van der Waals surface area (Å²) in [5.41, 5.74) is 3.07. The molecule has 1 aliphatic rings. The van der Waals surface area contributed by atoms with Gasteiger partial charge in [-0.3, -0.25) is 0 Å². The SMILES string of the molecule is CCNC(/C1=C/CCCCCC1)c1sccc1C. The summed E-state index contributed by atoms with van der Waals surface area (Å²) in [6.45, 7) is 5.48. The smallest absolute Gasteiger partial charge is 0.0633 e. The molecule has 1 N–H and O–H groups in total. The van der Waals surface area contributed by atoms with E-state index in [0.717, 1.165) is 6.54 Å². The lowest BCUT2D eigenvalue weighted by atomic mass is 9.93. The molecule has 0 radical (unpaired) electrons. The van der Waals surface area contributed by atoms with Gasteiger partial charge in [0.2, 0.25) is 0 Å². The Morgan fingerprint density at radius 1 is 1.28 bits per heavy atom. The number of likely N-dealkylation sites (N-methyl/N-ethyl adjacent to an activating group) is 1. The quantitative estimate of drug-likeness (QED) is 0.755. The van der Waals surface area contributed by atoms with Crippen molar-refractivity contribution in [3.63, 3.8) is 0 Å². The molecule has 1 unspecified atom stereocenters. The van der Waals surface area contributed by atoms with Crippen LogP contribution in [0.15, 0.2) is 23.1 Å². The van der Waals surface area contributed by atoms with Crippen molar-refractivity contribution < 1.29 is 0 Å². The summed E-state index contributed by atoms with van der Waals surface area (Å²) in [6, 6.07) is 2.71. The van der Waals surface area contributed by atoms with Crippen molar-refractivity contribution in [2.24, 2.45) is 0 Å². The molecule has 1 atom stereocenters. The molecule has 0 saturated carbocycles. The molecular formula is C16H25NS. The Labute approximate surface area is 115 Å². The van der Waals surface area contributed by atoms with E-state index in [1.54, 1.807) is 5.57 Å². The molecule has 18 heavy (non-hydrogen) atoms. The maximum atomic E-state index is 3.69. The highest BCUT2D eigenvalue weighted by molar-refractivity contribution is 7.10. The third-order valence-corrected chi connectivity index (χ3v) is 4.85. The second-order valence-electron chi connectivity index (χ2n) is 5.19. The molecule has 0 aromatic carbocycles. The summed E-state index contributed by atoms with van der Waals surface area (Å²) in [6.07, 6.45) is 10.6. The van der Waals surface area contributed by atoms with Gasteiger partial charge in [0.25, 0.3) is 0 Å². The molecule has 0 spiro atoms. The summed E-state index contributed by atoms with van der Waals surface area (Å²) in [7, 11) is 0. The van der Waals surface area contributed by atoms with Gasteiger partial charge in [0.05, 0.1) is 6.04 Å². The highest BCUT2D eigenvalue weighted by Gasteiger charge is 2.18. The Morgan fingerprint density at radius 2 is 2.11 bits per heavy atom. The van der Waals surface area contributed by atoms with Crippen LogP contribution in [-0.4, -0.2) is 6.54 Å². The van der Waals surface area contributed by atoms with E-state index < -0.39 is 0 Å². The molecule has 1 heterocycles. The Balaban J connectivity index is 2.20. The Hall–Kier alpha value is -0.600. The zero-order valence-corrected chi connectivity index (χ0v) is 12.5. The molecule has 1 nitrogen and oxygen atoms in total. The molecule has 2 heteroatoms. The van der Waals surface area contributed by atoms with Gasteiger partial charge >= 0.3 is 0 Å². The topological polar surface area (TPSA) is 12.0 Å². The normalized spacial score (nSPS) is 21.8. The molecular weight excluding hydrogens is 238 g/mol. The van der Waals surface area contributed by atoms with E-state index in [4.69, 9.17) is 0 Å². The van der Waals surface area contributed by atoms with Crippen LogP contribution >= 0.6 is 11.3 Å². The van der Waals surface area contributed by atoms with Gasteiger partial charge < -0.3 is 5.32 Å². The van der Waals surface area contributed by atoms with Crippen molar-refractivity contribution in [1.29, 1.82) is 0 Å². The number of thiophene rings is 1. The average Bonchev–Trinajstić information content (AvgIpc) is 2.73. The van der Waals surface area contributed by atoms with Crippen molar-refractivity contribution in [3.8, 4) is 0 Å². The first-order chi connectivity index (χ1) is 8.83. The minimum Gasteiger partial charge on any atom is -0.306 e. The van der Waals surface area contributed by atoms with Gasteiger partial charge in [-0.1, -0.05) is 31.4 Å². The fourth-order valence-electron chi connectivity index (χ4n) is 2.76. The first-order valence-electron chi connectivity index (χ1n) is 7.29. The van der Waals surface area contributed by atoms with E-state index in [2.05, 4.69) is 36.7 Å². The van der Waals surface area contributed by atoms with Crippen LogP contribution in [0.4, 0.5) is 0 Å². The van der Waals surface area contributed by atoms with Crippen LogP contribution in [-0.2, 0) is 0 Å². The second-order valence-corrected chi connectivity index (χ2v) is 6.14. The van der Waals surface area contributed by atoms with Gasteiger partial charge in [0.1, 0.15) is 0 Å². The summed E-state index contributed by atoms with van der Waals surface area (Å²) >= 11 is 1.90. The van der Waals surface area contributed by atoms with E-state index in [0.29, 0.717) is 6.04 Å². The minimum atomic E-state index is 0.466. The van der Waals surface area contributed by atoms with Crippen LogP contribution < -0.4 is 5.32 Å². The van der Waals surface area contributed by atoms with E-state index >= 15 is 0 Å². The van der Waals surface area contributed by atoms with Crippen molar-refractivity contribution in [1.82, 2.24) is 5.32 Å². The van der Waals surface area contributed by atoms with Crippen molar-refractivity contribution in [2.75, 3.05) is 6.54 Å². The molecule has 0 saturated heterocycles. The predicted molar refractivity (Wildman–Crippen MR) is 81.3 cm³/mol. The molecule has 0 amide bonds. The second kappa shape index (κ2) is 7.10. The molecule has 0 aliphatic heterocycles. The van der Waals surface area contributed by atoms with E-state index in [1.807, 2.05) is 11.3 Å². The van der Waals surface area contributed by atoms with E-state index in [1.165, 1.54) is 49.0 Å². The van der Waals surface area contributed by atoms with Crippen LogP contribution in [0.2, 0.25) is 0 Å². The van der Waals surface area contributed by atoms with E-state index in [-0.39, 0.29) is 0 Å². The molecule has 1 aliphatic carbocycles. The first-order valence-corrected chi connectivity index (χ1v) is 8.17. The third kappa shape index (κ3) is 3.46.